The summed E-state index contributed by atoms with van der Waals surface area (Å²) in [5.74, 6) is 0.105. The van der Waals surface area contributed by atoms with Crippen LogP contribution in [0.1, 0.15) is 18.4 Å². The van der Waals surface area contributed by atoms with Gasteiger partial charge in [-0.25, -0.2) is 9.97 Å². The molecule has 1 fully saturated rings. The molecule has 1 atom stereocenters. The molecule has 1 aliphatic rings. The topological polar surface area (TPSA) is 73.9 Å². The van der Waals surface area contributed by atoms with E-state index in [1.807, 2.05) is 36.5 Å². The molecule has 0 aliphatic carbocycles. The normalized spacial score (nSPS) is 17.0. The number of nitrogens with zero attached hydrogens (tertiary/aromatic N) is 3. The lowest BCUT2D eigenvalue weighted by Gasteiger charge is -2.31. The molecule has 1 saturated heterocycles. The van der Waals surface area contributed by atoms with Crippen molar-refractivity contribution in [3.05, 3.63) is 53.3 Å². The Labute approximate surface area is 183 Å². The van der Waals surface area contributed by atoms with Crippen molar-refractivity contribution >= 4 is 55.2 Å². The summed E-state index contributed by atoms with van der Waals surface area (Å²) in [4.78, 5) is 28.3. The molecule has 154 valence electrons. The number of amides is 1. The molecule has 8 heteroatoms. The van der Waals surface area contributed by atoms with Crippen molar-refractivity contribution in [3.63, 3.8) is 0 Å². The van der Waals surface area contributed by atoms with E-state index >= 15 is 0 Å². The molecular formula is C22H22ClN5OS. The number of aromatic amines is 1. The average molecular weight is 440 g/mol. The van der Waals surface area contributed by atoms with E-state index in [4.69, 9.17) is 16.6 Å². The number of benzene rings is 1. The van der Waals surface area contributed by atoms with Gasteiger partial charge in [-0.2, -0.15) is 0 Å². The van der Waals surface area contributed by atoms with Gasteiger partial charge in [-0.15, -0.1) is 0 Å². The van der Waals surface area contributed by atoms with Gasteiger partial charge in [-0.3, -0.25) is 4.79 Å². The smallest absolute Gasteiger partial charge is 0.224 e. The number of piperidine rings is 1. The standard InChI is InChI=1S/C22H22ClN5OS/c23-16-5-6-18-17(11-16)14(12-26-18)7-9-24-20(29)15-3-2-10-28(13-15)22-27-19-4-1-8-25-21(19)30-22/h1,4-6,8,11-12,15,26H,2-3,7,9-10,13H2,(H,24,29)/t15-/m1/s1. The summed E-state index contributed by atoms with van der Waals surface area (Å²) >= 11 is 7.72. The Hall–Kier alpha value is -2.64. The molecule has 1 aliphatic heterocycles. The predicted octanol–water partition coefficient (Wildman–Crippen LogP) is 4.40. The molecule has 4 aromatic rings. The van der Waals surface area contributed by atoms with E-state index in [1.165, 1.54) is 5.56 Å². The Bertz CT molecular complexity index is 1170. The fourth-order valence-electron chi connectivity index (χ4n) is 4.08. The van der Waals surface area contributed by atoms with Gasteiger partial charge in [0.15, 0.2) is 5.13 Å². The van der Waals surface area contributed by atoms with Crippen LogP contribution in [0, 0.1) is 5.92 Å². The van der Waals surface area contributed by atoms with Crippen LogP contribution in [0.25, 0.3) is 21.3 Å². The lowest BCUT2D eigenvalue weighted by Crippen LogP contribution is -2.43. The quantitative estimate of drug-likeness (QED) is 0.483. The predicted molar refractivity (Wildman–Crippen MR) is 122 cm³/mol. The van der Waals surface area contributed by atoms with Gasteiger partial charge < -0.3 is 15.2 Å². The van der Waals surface area contributed by atoms with Gasteiger partial charge in [0.05, 0.1) is 5.92 Å². The van der Waals surface area contributed by atoms with Crippen molar-refractivity contribution in [3.8, 4) is 0 Å². The van der Waals surface area contributed by atoms with Crippen molar-refractivity contribution in [2.45, 2.75) is 19.3 Å². The number of pyridine rings is 1. The fourth-order valence-corrected chi connectivity index (χ4v) is 5.20. The third kappa shape index (κ3) is 3.87. The number of carbonyl (C=O) groups is 1. The highest BCUT2D eigenvalue weighted by molar-refractivity contribution is 7.21. The highest BCUT2D eigenvalue weighted by atomic mass is 35.5. The summed E-state index contributed by atoms with van der Waals surface area (Å²) in [6.45, 7) is 2.24. The molecule has 5 rings (SSSR count). The molecule has 1 amide bonds. The Morgan fingerprint density at radius 2 is 2.30 bits per heavy atom. The third-order valence-corrected chi connectivity index (χ3v) is 6.92. The van der Waals surface area contributed by atoms with Crippen molar-refractivity contribution in [2.24, 2.45) is 5.92 Å². The van der Waals surface area contributed by atoms with Gasteiger partial charge >= 0.3 is 0 Å². The van der Waals surface area contributed by atoms with Crippen LogP contribution in [0.2, 0.25) is 5.02 Å². The van der Waals surface area contributed by atoms with E-state index in [-0.39, 0.29) is 11.8 Å². The number of rotatable bonds is 5. The molecule has 30 heavy (non-hydrogen) atoms. The van der Waals surface area contributed by atoms with Gasteiger partial charge in [-0.1, -0.05) is 22.9 Å². The minimum atomic E-state index is -0.0175. The summed E-state index contributed by atoms with van der Waals surface area (Å²) < 4.78 is 0. The second-order valence-electron chi connectivity index (χ2n) is 7.65. The number of halogens is 1. The monoisotopic (exact) mass is 439 g/mol. The van der Waals surface area contributed by atoms with E-state index in [0.717, 1.165) is 57.2 Å². The first kappa shape index (κ1) is 19.3. The average Bonchev–Trinajstić information content (AvgIpc) is 3.38. The van der Waals surface area contributed by atoms with Crippen LogP contribution in [0.5, 0.6) is 0 Å². The van der Waals surface area contributed by atoms with E-state index < -0.39 is 0 Å². The Balaban J connectivity index is 1.20. The van der Waals surface area contributed by atoms with Crippen LogP contribution < -0.4 is 10.2 Å². The Kier molecular flexibility index (Phi) is 5.31. The van der Waals surface area contributed by atoms with E-state index in [2.05, 4.69) is 20.2 Å². The van der Waals surface area contributed by atoms with Gasteiger partial charge in [0.1, 0.15) is 10.3 Å². The maximum Gasteiger partial charge on any atom is 0.224 e. The number of hydrogen-bond donors (Lipinski definition) is 2. The largest absolute Gasteiger partial charge is 0.361 e. The second kappa shape index (κ2) is 8.24. The summed E-state index contributed by atoms with van der Waals surface area (Å²) in [6, 6.07) is 9.71. The van der Waals surface area contributed by atoms with Gasteiger partial charge in [-0.05, 0) is 55.2 Å². The van der Waals surface area contributed by atoms with Crippen LogP contribution in [0.4, 0.5) is 5.13 Å². The zero-order chi connectivity index (χ0) is 20.5. The molecule has 6 nitrogen and oxygen atoms in total. The summed E-state index contributed by atoms with van der Waals surface area (Å²) in [7, 11) is 0. The fraction of sp³-hybridized carbons (Fsp3) is 0.318. The first-order valence-corrected chi connectivity index (χ1v) is 11.4. The number of nitrogens with one attached hydrogen (secondary N) is 2. The second-order valence-corrected chi connectivity index (χ2v) is 9.05. The minimum Gasteiger partial charge on any atom is -0.361 e. The molecule has 0 saturated carbocycles. The first-order valence-electron chi connectivity index (χ1n) is 10.2. The molecular weight excluding hydrogens is 418 g/mol. The van der Waals surface area contributed by atoms with Gasteiger partial charge in [0, 0.05) is 48.0 Å². The molecule has 2 N–H and O–H groups in total. The van der Waals surface area contributed by atoms with E-state index in [0.29, 0.717) is 13.1 Å². The van der Waals surface area contributed by atoms with Gasteiger partial charge in [0.25, 0.3) is 0 Å². The highest BCUT2D eigenvalue weighted by Crippen LogP contribution is 2.30. The summed E-state index contributed by atoms with van der Waals surface area (Å²) in [6.07, 6.45) is 6.46. The molecule has 0 radical (unpaired) electrons. The van der Waals surface area contributed by atoms with Crippen molar-refractivity contribution in [1.29, 1.82) is 0 Å². The zero-order valence-corrected chi connectivity index (χ0v) is 18.0. The van der Waals surface area contributed by atoms with Crippen LogP contribution in [0.3, 0.4) is 0 Å². The number of anilines is 1. The van der Waals surface area contributed by atoms with E-state index in [9.17, 15) is 4.79 Å². The summed E-state index contributed by atoms with van der Waals surface area (Å²) in [5, 5.41) is 5.92. The van der Waals surface area contributed by atoms with Crippen molar-refractivity contribution in [1.82, 2.24) is 20.3 Å². The number of carbonyl (C=O) groups excluding carboxylic acids is 1. The Morgan fingerprint density at radius 1 is 1.37 bits per heavy atom. The molecule has 4 heterocycles. The SMILES string of the molecule is O=C(NCCc1c[nH]c2ccc(Cl)cc12)[C@@H]1CCCN(c2nc3cccnc3s2)C1. The van der Waals surface area contributed by atoms with E-state index in [1.54, 1.807) is 17.5 Å². The maximum atomic E-state index is 12.8. The number of thiazole rings is 1. The molecule has 0 bridgehead atoms. The van der Waals surface area contributed by atoms with Crippen molar-refractivity contribution < 1.29 is 4.79 Å². The molecule has 0 unspecified atom stereocenters. The van der Waals surface area contributed by atoms with Crippen LogP contribution in [0.15, 0.2) is 42.7 Å². The first-order chi connectivity index (χ1) is 14.7. The minimum absolute atomic E-state index is 0.0175. The van der Waals surface area contributed by atoms with Crippen LogP contribution >= 0.6 is 22.9 Å². The number of aromatic nitrogens is 3. The molecule has 3 aromatic heterocycles. The lowest BCUT2D eigenvalue weighted by atomic mass is 9.97. The van der Waals surface area contributed by atoms with Crippen LogP contribution in [-0.4, -0.2) is 40.5 Å². The number of H-pyrrole nitrogens is 1. The zero-order valence-electron chi connectivity index (χ0n) is 16.4. The maximum absolute atomic E-state index is 12.8. The number of hydrogen-bond acceptors (Lipinski definition) is 5. The third-order valence-electron chi connectivity index (χ3n) is 5.64. The van der Waals surface area contributed by atoms with Crippen LogP contribution in [-0.2, 0) is 11.2 Å². The van der Waals surface area contributed by atoms with Crippen molar-refractivity contribution in [2.75, 3.05) is 24.5 Å². The molecule has 0 spiro atoms. The highest BCUT2D eigenvalue weighted by Gasteiger charge is 2.27. The number of fused-ring (bicyclic) bond motifs is 2. The molecule has 1 aromatic carbocycles. The summed E-state index contributed by atoms with van der Waals surface area (Å²) in [5.41, 5.74) is 3.15. The van der Waals surface area contributed by atoms with Gasteiger partial charge in [0.2, 0.25) is 5.91 Å². The Morgan fingerprint density at radius 3 is 3.20 bits per heavy atom. The lowest BCUT2D eigenvalue weighted by molar-refractivity contribution is -0.125.